The van der Waals surface area contributed by atoms with Gasteiger partial charge in [-0.2, -0.15) is 0 Å². The molecule has 3 N–H and O–H groups in total. The number of amides is 2. The van der Waals surface area contributed by atoms with Crippen LogP contribution in [0.25, 0.3) is 21.9 Å². The summed E-state index contributed by atoms with van der Waals surface area (Å²) < 4.78 is 0. The molecule has 28 heavy (non-hydrogen) atoms. The number of fused-ring (bicyclic) bond motifs is 3. The van der Waals surface area contributed by atoms with Crippen LogP contribution in [0, 0.1) is 0 Å². The number of carbonyl (C=O) groups is 2. The van der Waals surface area contributed by atoms with Crippen molar-refractivity contribution in [3.05, 3.63) is 77.9 Å². The van der Waals surface area contributed by atoms with E-state index in [4.69, 9.17) is 5.73 Å². The third-order valence-corrected chi connectivity index (χ3v) is 5.24. The number of carbonyl (C=O) groups excluding carboxylic acids is 2. The fourth-order valence-corrected chi connectivity index (χ4v) is 3.63. The number of hydrogen-bond acceptors (Lipinski definition) is 3. The Bertz CT molecular complexity index is 1120. The number of rotatable bonds is 5. The van der Waals surface area contributed by atoms with Crippen LogP contribution in [0.1, 0.15) is 15.9 Å². The topological polar surface area (TPSA) is 75.4 Å². The zero-order valence-electron chi connectivity index (χ0n) is 15.7. The largest absolute Gasteiger partial charge is 0.388 e. The van der Waals surface area contributed by atoms with E-state index in [1.807, 2.05) is 31.3 Å². The summed E-state index contributed by atoms with van der Waals surface area (Å²) >= 11 is 0. The van der Waals surface area contributed by atoms with Gasteiger partial charge in [0.25, 0.3) is 5.91 Å². The van der Waals surface area contributed by atoms with Gasteiger partial charge in [-0.3, -0.25) is 9.59 Å². The summed E-state index contributed by atoms with van der Waals surface area (Å²) in [4.78, 5) is 25.7. The van der Waals surface area contributed by atoms with Crippen LogP contribution in [0.2, 0.25) is 0 Å². The molecule has 1 aliphatic rings. The van der Waals surface area contributed by atoms with E-state index >= 15 is 0 Å². The van der Waals surface area contributed by atoms with Crippen LogP contribution in [0.5, 0.6) is 0 Å². The second kappa shape index (κ2) is 6.85. The van der Waals surface area contributed by atoms with E-state index in [2.05, 4.69) is 42.2 Å². The van der Waals surface area contributed by atoms with Crippen molar-refractivity contribution in [1.29, 1.82) is 0 Å². The fourth-order valence-electron chi connectivity index (χ4n) is 3.63. The maximum absolute atomic E-state index is 12.7. The Kier molecular flexibility index (Phi) is 4.35. The van der Waals surface area contributed by atoms with Gasteiger partial charge in [-0.15, -0.1) is 0 Å². The van der Waals surface area contributed by atoms with Gasteiger partial charge < -0.3 is 16.0 Å². The van der Waals surface area contributed by atoms with Gasteiger partial charge in [-0.25, -0.2) is 0 Å². The highest BCUT2D eigenvalue weighted by molar-refractivity contribution is 6.05. The standard InChI is InChI=1S/C23H21N3O2/c1-14(22(24)27)12-26-13-21-19(23(26)28)10-7-16-3-4-17(11-20(16)21)15-5-8-18(25-2)9-6-15/h3-11,25H,1,12-13H2,2H3,(H2,24,27). The van der Waals surface area contributed by atoms with Gasteiger partial charge in [0.05, 0.1) is 6.54 Å². The molecule has 0 aromatic heterocycles. The smallest absolute Gasteiger partial charge is 0.254 e. The van der Waals surface area contributed by atoms with Crippen molar-refractivity contribution in [3.8, 4) is 11.1 Å². The molecule has 0 spiro atoms. The van der Waals surface area contributed by atoms with Crippen molar-refractivity contribution >= 4 is 28.3 Å². The quantitative estimate of drug-likeness (QED) is 0.674. The average molecular weight is 371 g/mol. The second-order valence-corrected chi connectivity index (χ2v) is 6.98. The summed E-state index contributed by atoms with van der Waals surface area (Å²) in [6, 6.07) is 18.3. The molecule has 2 amide bonds. The molecule has 0 saturated carbocycles. The van der Waals surface area contributed by atoms with E-state index in [1.165, 1.54) is 0 Å². The molecule has 0 aliphatic carbocycles. The van der Waals surface area contributed by atoms with E-state index in [-0.39, 0.29) is 18.0 Å². The molecule has 4 rings (SSSR count). The monoisotopic (exact) mass is 371 g/mol. The maximum Gasteiger partial charge on any atom is 0.254 e. The first kappa shape index (κ1) is 17.8. The van der Waals surface area contributed by atoms with Gasteiger partial charge in [0.15, 0.2) is 0 Å². The zero-order valence-corrected chi connectivity index (χ0v) is 15.7. The number of benzene rings is 3. The molecule has 3 aromatic rings. The van der Waals surface area contributed by atoms with Gasteiger partial charge in [0.2, 0.25) is 5.91 Å². The van der Waals surface area contributed by atoms with E-state index < -0.39 is 5.91 Å². The lowest BCUT2D eigenvalue weighted by Crippen LogP contribution is -2.30. The minimum Gasteiger partial charge on any atom is -0.388 e. The molecule has 1 aliphatic heterocycles. The Hall–Kier alpha value is -3.60. The predicted molar refractivity (Wildman–Crippen MR) is 112 cm³/mol. The highest BCUT2D eigenvalue weighted by Crippen LogP contribution is 2.33. The first-order valence-electron chi connectivity index (χ1n) is 9.08. The third-order valence-electron chi connectivity index (χ3n) is 5.24. The van der Waals surface area contributed by atoms with E-state index in [0.717, 1.165) is 33.2 Å². The Morgan fingerprint density at radius 2 is 1.79 bits per heavy atom. The van der Waals surface area contributed by atoms with Gasteiger partial charge in [-0.05, 0) is 51.7 Å². The lowest BCUT2D eigenvalue weighted by atomic mass is 9.96. The first-order chi connectivity index (χ1) is 13.5. The van der Waals surface area contributed by atoms with Crippen molar-refractivity contribution in [1.82, 2.24) is 4.90 Å². The van der Waals surface area contributed by atoms with Gasteiger partial charge in [0, 0.05) is 30.4 Å². The summed E-state index contributed by atoms with van der Waals surface area (Å²) in [5.41, 5.74) is 10.4. The highest BCUT2D eigenvalue weighted by atomic mass is 16.2. The van der Waals surface area contributed by atoms with Crippen LogP contribution in [0.4, 0.5) is 5.69 Å². The molecule has 140 valence electrons. The lowest BCUT2D eigenvalue weighted by molar-refractivity contribution is -0.114. The predicted octanol–water partition coefficient (Wildman–Crippen LogP) is 3.55. The molecule has 0 atom stereocenters. The Morgan fingerprint density at radius 1 is 1.11 bits per heavy atom. The Morgan fingerprint density at radius 3 is 2.46 bits per heavy atom. The van der Waals surface area contributed by atoms with Crippen LogP contribution in [-0.4, -0.2) is 30.3 Å². The SMILES string of the molecule is C=C(CN1Cc2c(ccc3ccc(-c4ccc(NC)cc4)cc23)C1=O)C(N)=O. The summed E-state index contributed by atoms with van der Waals surface area (Å²) in [5, 5.41) is 5.25. The average Bonchev–Trinajstić information content (AvgIpc) is 3.03. The molecule has 0 fully saturated rings. The van der Waals surface area contributed by atoms with E-state index in [0.29, 0.717) is 12.1 Å². The molecule has 0 bridgehead atoms. The summed E-state index contributed by atoms with van der Waals surface area (Å²) in [7, 11) is 1.89. The Labute approximate surface area is 163 Å². The van der Waals surface area contributed by atoms with Crippen molar-refractivity contribution in [2.75, 3.05) is 18.9 Å². The second-order valence-electron chi connectivity index (χ2n) is 6.98. The minimum atomic E-state index is -0.582. The Balaban J connectivity index is 1.74. The molecule has 3 aromatic carbocycles. The van der Waals surface area contributed by atoms with Crippen molar-refractivity contribution in [2.24, 2.45) is 5.73 Å². The van der Waals surface area contributed by atoms with Gasteiger partial charge in [0.1, 0.15) is 0 Å². The molecule has 0 unspecified atom stereocenters. The zero-order chi connectivity index (χ0) is 19.8. The number of primary amides is 1. The number of nitrogens with zero attached hydrogens (tertiary/aromatic N) is 1. The minimum absolute atomic E-state index is 0.0944. The summed E-state index contributed by atoms with van der Waals surface area (Å²) in [5.74, 6) is -0.677. The number of hydrogen-bond donors (Lipinski definition) is 2. The highest BCUT2D eigenvalue weighted by Gasteiger charge is 2.29. The van der Waals surface area contributed by atoms with Crippen molar-refractivity contribution < 1.29 is 9.59 Å². The van der Waals surface area contributed by atoms with Crippen molar-refractivity contribution in [2.45, 2.75) is 6.54 Å². The van der Waals surface area contributed by atoms with Crippen LogP contribution < -0.4 is 11.1 Å². The third kappa shape index (κ3) is 3.01. The van der Waals surface area contributed by atoms with Crippen LogP contribution in [0.15, 0.2) is 66.7 Å². The fraction of sp³-hybridized carbons (Fsp3) is 0.130. The summed E-state index contributed by atoms with van der Waals surface area (Å²) in [6.07, 6.45) is 0. The van der Waals surface area contributed by atoms with Crippen LogP contribution in [-0.2, 0) is 11.3 Å². The van der Waals surface area contributed by atoms with Crippen LogP contribution >= 0.6 is 0 Å². The molecule has 0 radical (unpaired) electrons. The molecule has 5 heteroatoms. The normalized spacial score (nSPS) is 12.9. The molecule has 1 heterocycles. The van der Waals surface area contributed by atoms with E-state index in [9.17, 15) is 9.59 Å². The number of nitrogens with two attached hydrogens (primary N) is 1. The molecule has 5 nitrogen and oxygen atoms in total. The van der Waals surface area contributed by atoms with Crippen LogP contribution in [0.3, 0.4) is 0 Å². The number of anilines is 1. The lowest BCUT2D eigenvalue weighted by Gasteiger charge is -2.15. The first-order valence-corrected chi connectivity index (χ1v) is 9.08. The number of nitrogens with one attached hydrogen (secondary N) is 1. The van der Waals surface area contributed by atoms with Gasteiger partial charge >= 0.3 is 0 Å². The molecular formula is C23H21N3O2. The molecule has 0 saturated heterocycles. The van der Waals surface area contributed by atoms with E-state index in [1.54, 1.807) is 4.90 Å². The molecular weight excluding hydrogens is 350 g/mol. The van der Waals surface area contributed by atoms with Crippen molar-refractivity contribution in [3.63, 3.8) is 0 Å². The maximum atomic E-state index is 12.7. The van der Waals surface area contributed by atoms with Gasteiger partial charge in [-0.1, -0.05) is 36.9 Å². The summed E-state index contributed by atoms with van der Waals surface area (Å²) in [6.45, 7) is 4.26.